The molecule has 3 aromatic rings. The molecule has 0 bridgehead atoms. The Morgan fingerprint density at radius 1 is 1.30 bits per heavy atom. The van der Waals surface area contributed by atoms with E-state index in [4.69, 9.17) is 15.1 Å². The van der Waals surface area contributed by atoms with Crippen molar-refractivity contribution in [1.29, 1.82) is 0 Å². The molecule has 4 nitrogen and oxygen atoms in total. The first-order valence-corrected chi connectivity index (χ1v) is 6.87. The number of furan rings is 1. The Kier molecular flexibility index (Phi) is 3.10. The van der Waals surface area contributed by atoms with Gasteiger partial charge in [0, 0.05) is 12.6 Å². The number of hydrogen-bond acceptors (Lipinski definition) is 3. The van der Waals surface area contributed by atoms with Gasteiger partial charge in [0.25, 0.3) is 0 Å². The van der Waals surface area contributed by atoms with Gasteiger partial charge in [0.2, 0.25) is 0 Å². The molecule has 0 fully saturated rings. The van der Waals surface area contributed by atoms with Crippen LogP contribution in [0.3, 0.4) is 0 Å². The quantitative estimate of drug-likeness (QED) is 0.789. The van der Waals surface area contributed by atoms with Crippen LogP contribution in [0, 0.1) is 6.92 Å². The highest BCUT2D eigenvalue weighted by atomic mass is 16.3. The van der Waals surface area contributed by atoms with Gasteiger partial charge in [-0.05, 0) is 44.5 Å². The molecule has 0 unspecified atom stereocenters. The zero-order valence-electron chi connectivity index (χ0n) is 12.1. The van der Waals surface area contributed by atoms with Crippen molar-refractivity contribution >= 4 is 11.0 Å². The summed E-state index contributed by atoms with van der Waals surface area (Å²) in [4.78, 5) is 4.79. The number of nitrogens with two attached hydrogens (primary N) is 1. The minimum absolute atomic E-state index is 0.327. The number of aromatic nitrogens is 2. The fourth-order valence-corrected chi connectivity index (χ4v) is 2.60. The number of hydrogen-bond donors (Lipinski definition) is 1. The summed E-state index contributed by atoms with van der Waals surface area (Å²) < 4.78 is 7.66. The van der Waals surface area contributed by atoms with Crippen LogP contribution in [-0.2, 0) is 6.54 Å². The summed E-state index contributed by atoms with van der Waals surface area (Å²) in [6.45, 7) is 6.82. The molecule has 0 radical (unpaired) electrons. The lowest BCUT2D eigenvalue weighted by Gasteiger charge is -2.12. The Balaban J connectivity index is 2.31. The Morgan fingerprint density at radius 2 is 2.10 bits per heavy atom. The highest BCUT2D eigenvalue weighted by molar-refractivity contribution is 5.81. The van der Waals surface area contributed by atoms with Gasteiger partial charge < -0.3 is 14.7 Å². The highest BCUT2D eigenvalue weighted by Crippen LogP contribution is 2.31. The minimum Gasteiger partial charge on any atom is -0.469 e. The molecule has 104 valence electrons. The Morgan fingerprint density at radius 3 is 2.70 bits per heavy atom. The number of imidazole rings is 1. The van der Waals surface area contributed by atoms with Crippen molar-refractivity contribution in [3.63, 3.8) is 0 Å². The van der Waals surface area contributed by atoms with Crippen LogP contribution < -0.4 is 5.73 Å². The van der Waals surface area contributed by atoms with Gasteiger partial charge >= 0.3 is 0 Å². The van der Waals surface area contributed by atoms with Gasteiger partial charge in [0.05, 0.1) is 22.9 Å². The third kappa shape index (κ3) is 1.93. The van der Waals surface area contributed by atoms with Crippen molar-refractivity contribution in [2.75, 3.05) is 0 Å². The van der Waals surface area contributed by atoms with Gasteiger partial charge in [-0.15, -0.1) is 0 Å². The van der Waals surface area contributed by atoms with Crippen LogP contribution in [0.5, 0.6) is 0 Å². The lowest BCUT2D eigenvalue weighted by atomic mass is 10.2. The maximum atomic E-state index is 5.71. The lowest BCUT2D eigenvalue weighted by Crippen LogP contribution is -2.03. The van der Waals surface area contributed by atoms with Crippen molar-refractivity contribution in [2.45, 2.75) is 33.4 Å². The van der Waals surface area contributed by atoms with Crippen molar-refractivity contribution in [2.24, 2.45) is 5.73 Å². The number of fused-ring (bicyclic) bond motifs is 1. The van der Waals surface area contributed by atoms with E-state index in [0.717, 1.165) is 33.7 Å². The van der Waals surface area contributed by atoms with Crippen LogP contribution in [-0.4, -0.2) is 9.55 Å². The highest BCUT2D eigenvalue weighted by Gasteiger charge is 2.17. The van der Waals surface area contributed by atoms with E-state index in [0.29, 0.717) is 12.6 Å². The molecule has 2 heterocycles. The second kappa shape index (κ2) is 4.80. The average molecular weight is 269 g/mol. The van der Waals surface area contributed by atoms with Gasteiger partial charge in [-0.25, -0.2) is 4.98 Å². The Hall–Kier alpha value is -2.07. The van der Waals surface area contributed by atoms with E-state index in [9.17, 15) is 0 Å². The molecule has 0 spiro atoms. The summed E-state index contributed by atoms with van der Waals surface area (Å²) >= 11 is 0. The predicted octanol–water partition coefficient (Wildman–Crippen LogP) is 3.64. The summed E-state index contributed by atoms with van der Waals surface area (Å²) in [6.07, 6.45) is 1.71. The van der Waals surface area contributed by atoms with E-state index in [1.807, 2.05) is 13.0 Å². The van der Waals surface area contributed by atoms with E-state index in [2.05, 4.69) is 36.6 Å². The van der Waals surface area contributed by atoms with E-state index in [1.54, 1.807) is 6.26 Å². The van der Waals surface area contributed by atoms with Crippen LogP contribution in [0.4, 0.5) is 0 Å². The molecule has 0 atom stereocenters. The molecule has 0 amide bonds. The molecule has 2 aromatic heterocycles. The smallest absolute Gasteiger partial charge is 0.144 e. The second-order valence-corrected chi connectivity index (χ2v) is 5.32. The van der Waals surface area contributed by atoms with E-state index in [1.165, 1.54) is 0 Å². The van der Waals surface area contributed by atoms with Crippen molar-refractivity contribution in [3.8, 4) is 11.4 Å². The summed E-state index contributed by atoms with van der Waals surface area (Å²) in [7, 11) is 0. The molecule has 0 aliphatic carbocycles. The monoisotopic (exact) mass is 269 g/mol. The van der Waals surface area contributed by atoms with Gasteiger partial charge in [0.15, 0.2) is 0 Å². The number of aryl methyl sites for hydroxylation is 1. The number of rotatable bonds is 3. The average Bonchev–Trinajstić information content (AvgIpc) is 3.00. The third-order valence-corrected chi connectivity index (χ3v) is 3.61. The van der Waals surface area contributed by atoms with Crippen molar-refractivity contribution < 1.29 is 4.42 Å². The maximum absolute atomic E-state index is 5.71. The first-order chi connectivity index (χ1) is 9.61. The predicted molar refractivity (Wildman–Crippen MR) is 80.4 cm³/mol. The normalized spacial score (nSPS) is 11.7. The standard InChI is InChI=1S/C16H19N3O/c1-10(2)19-15-5-4-12(9-17)8-14(15)18-16(19)13-6-7-20-11(13)3/h4-8,10H,9,17H2,1-3H3. The second-order valence-electron chi connectivity index (χ2n) is 5.32. The van der Waals surface area contributed by atoms with Gasteiger partial charge in [-0.1, -0.05) is 6.07 Å². The molecule has 0 saturated carbocycles. The van der Waals surface area contributed by atoms with E-state index < -0.39 is 0 Å². The molecular formula is C16H19N3O. The van der Waals surface area contributed by atoms with E-state index >= 15 is 0 Å². The fraction of sp³-hybridized carbons (Fsp3) is 0.312. The van der Waals surface area contributed by atoms with Crippen LogP contribution in [0.25, 0.3) is 22.4 Å². The van der Waals surface area contributed by atoms with Crippen LogP contribution in [0.1, 0.15) is 31.2 Å². The van der Waals surface area contributed by atoms with Gasteiger partial charge in [-0.3, -0.25) is 0 Å². The molecule has 0 aliphatic heterocycles. The Bertz CT molecular complexity index is 752. The van der Waals surface area contributed by atoms with Crippen molar-refractivity contribution in [1.82, 2.24) is 9.55 Å². The third-order valence-electron chi connectivity index (χ3n) is 3.61. The van der Waals surface area contributed by atoms with Crippen LogP contribution in [0.15, 0.2) is 34.9 Å². The fourth-order valence-electron chi connectivity index (χ4n) is 2.60. The summed E-state index contributed by atoms with van der Waals surface area (Å²) in [5.41, 5.74) is 9.97. The van der Waals surface area contributed by atoms with Crippen LogP contribution >= 0.6 is 0 Å². The lowest BCUT2D eigenvalue weighted by molar-refractivity contribution is 0.534. The van der Waals surface area contributed by atoms with E-state index in [-0.39, 0.29) is 0 Å². The molecular weight excluding hydrogens is 250 g/mol. The summed E-state index contributed by atoms with van der Waals surface area (Å²) in [5.74, 6) is 1.84. The topological polar surface area (TPSA) is 57.0 Å². The molecule has 0 aliphatic rings. The maximum Gasteiger partial charge on any atom is 0.144 e. The Labute approximate surface area is 118 Å². The van der Waals surface area contributed by atoms with Crippen molar-refractivity contribution in [3.05, 3.63) is 41.9 Å². The molecule has 4 heteroatoms. The molecule has 20 heavy (non-hydrogen) atoms. The molecule has 3 rings (SSSR count). The number of nitrogens with zero attached hydrogens (tertiary/aromatic N) is 2. The SMILES string of the molecule is Cc1occc1-c1nc2cc(CN)ccc2n1C(C)C. The molecule has 1 aromatic carbocycles. The minimum atomic E-state index is 0.327. The first-order valence-electron chi connectivity index (χ1n) is 6.87. The number of benzene rings is 1. The molecule has 0 saturated heterocycles. The van der Waals surface area contributed by atoms with Gasteiger partial charge in [0.1, 0.15) is 11.6 Å². The first kappa shape index (κ1) is 12.9. The zero-order valence-corrected chi connectivity index (χ0v) is 12.1. The summed E-state index contributed by atoms with van der Waals surface area (Å²) in [5, 5.41) is 0. The van der Waals surface area contributed by atoms with Crippen LogP contribution in [0.2, 0.25) is 0 Å². The zero-order chi connectivity index (χ0) is 14.3. The van der Waals surface area contributed by atoms with Gasteiger partial charge in [-0.2, -0.15) is 0 Å². The molecule has 2 N–H and O–H groups in total. The summed E-state index contributed by atoms with van der Waals surface area (Å²) in [6, 6.07) is 8.53. The largest absolute Gasteiger partial charge is 0.469 e.